The summed E-state index contributed by atoms with van der Waals surface area (Å²) in [6.45, 7) is 7.86. The molecule has 84 valence electrons. The van der Waals surface area contributed by atoms with E-state index < -0.39 is 0 Å². The first-order chi connectivity index (χ1) is 7.16. The van der Waals surface area contributed by atoms with Crippen LogP contribution in [0.4, 0.5) is 0 Å². The highest BCUT2D eigenvalue weighted by molar-refractivity contribution is 7.98. The number of rotatable bonds is 3. The third-order valence-corrected chi connectivity index (χ3v) is 2.69. The predicted octanol–water partition coefficient (Wildman–Crippen LogP) is 4.27. The second-order valence-electron chi connectivity index (χ2n) is 3.22. The number of Topliss-reactive ketones (excluding diaryl/α,β-unsaturated/α-hetero) is 1. The van der Waals surface area contributed by atoms with Gasteiger partial charge in [-0.3, -0.25) is 4.79 Å². The van der Waals surface area contributed by atoms with Crippen LogP contribution in [0.5, 0.6) is 0 Å². The summed E-state index contributed by atoms with van der Waals surface area (Å²) >= 11 is 1.62. The first kappa shape index (κ1) is 14.2. The van der Waals surface area contributed by atoms with E-state index in [1.54, 1.807) is 11.8 Å². The van der Waals surface area contributed by atoms with E-state index in [4.69, 9.17) is 0 Å². The molecule has 1 rings (SSSR count). The maximum absolute atomic E-state index is 11.7. The van der Waals surface area contributed by atoms with Gasteiger partial charge in [-0.1, -0.05) is 45.9 Å². The molecule has 0 atom stereocenters. The molecular weight excluding hydrogens is 204 g/mol. The first-order valence-electron chi connectivity index (χ1n) is 5.34. The van der Waals surface area contributed by atoms with Gasteiger partial charge in [-0.25, -0.2) is 0 Å². The minimum atomic E-state index is 0.0771. The smallest absolute Gasteiger partial charge is 0.166 e. The monoisotopic (exact) mass is 224 g/mol. The molecule has 1 nitrogen and oxygen atoms in total. The molecule has 0 aromatic heterocycles. The van der Waals surface area contributed by atoms with E-state index in [0.29, 0.717) is 0 Å². The van der Waals surface area contributed by atoms with Crippen molar-refractivity contribution in [1.82, 2.24) is 0 Å². The lowest BCUT2D eigenvalue weighted by Gasteiger charge is -2.07. The van der Waals surface area contributed by atoms with Crippen LogP contribution in [-0.4, -0.2) is 12.0 Å². The molecule has 0 saturated carbocycles. The number of ketones is 1. The topological polar surface area (TPSA) is 17.1 Å². The second-order valence-corrected chi connectivity index (χ2v) is 4.07. The van der Waals surface area contributed by atoms with Crippen molar-refractivity contribution in [2.24, 2.45) is 5.92 Å². The fraction of sp³-hybridized carbons (Fsp3) is 0.462. The number of carbonyl (C=O) groups is 1. The second kappa shape index (κ2) is 7.52. The van der Waals surface area contributed by atoms with E-state index in [2.05, 4.69) is 0 Å². The summed E-state index contributed by atoms with van der Waals surface area (Å²) in [5.74, 6) is 0.304. The molecule has 0 aliphatic rings. The summed E-state index contributed by atoms with van der Waals surface area (Å²) in [6, 6.07) is 7.76. The van der Waals surface area contributed by atoms with E-state index in [0.717, 1.165) is 10.5 Å². The fourth-order valence-electron chi connectivity index (χ4n) is 1.16. The Kier molecular flexibility index (Phi) is 7.14. The van der Waals surface area contributed by atoms with Gasteiger partial charge in [0, 0.05) is 16.4 Å². The lowest BCUT2D eigenvalue weighted by molar-refractivity contribution is 0.0936. The van der Waals surface area contributed by atoms with Crippen LogP contribution in [-0.2, 0) is 0 Å². The van der Waals surface area contributed by atoms with E-state index >= 15 is 0 Å². The first-order valence-corrected chi connectivity index (χ1v) is 6.56. The summed E-state index contributed by atoms with van der Waals surface area (Å²) in [7, 11) is 0. The Morgan fingerprint density at radius 3 is 2.20 bits per heavy atom. The summed E-state index contributed by atoms with van der Waals surface area (Å²) in [6.07, 6.45) is 1.99. The van der Waals surface area contributed by atoms with Gasteiger partial charge in [-0.2, -0.15) is 0 Å². The molecule has 0 bridgehead atoms. The maximum Gasteiger partial charge on any atom is 0.166 e. The SMILES string of the molecule is CC.CSc1ccccc1C(=O)C(C)C. The standard InChI is InChI=1S/C11H14OS.C2H6/c1-8(2)11(12)9-6-4-5-7-10(9)13-3;1-2/h4-8H,1-3H3;1-2H3. The molecule has 0 N–H and O–H groups in total. The number of carbonyl (C=O) groups excluding carboxylic acids is 1. The van der Waals surface area contributed by atoms with Crippen molar-refractivity contribution in [2.45, 2.75) is 32.6 Å². The van der Waals surface area contributed by atoms with E-state index in [1.165, 1.54) is 0 Å². The minimum absolute atomic E-state index is 0.0771. The summed E-state index contributed by atoms with van der Waals surface area (Å²) in [5.41, 5.74) is 0.852. The van der Waals surface area contributed by atoms with Crippen molar-refractivity contribution in [3.05, 3.63) is 29.8 Å². The van der Waals surface area contributed by atoms with E-state index in [-0.39, 0.29) is 11.7 Å². The van der Waals surface area contributed by atoms with E-state index in [9.17, 15) is 4.79 Å². The Balaban J connectivity index is 0.000000921. The van der Waals surface area contributed by atoms with Crippen LogP contribution in [0.3, 0.4) is 0 Å². The van der Waals surface area contributed by atoms with Crippen LogP contribution in [0.1, 0.15) is 38.1 Å². The molecule has 0 saturated heterocycles. The molecule has 2 heteroatoms. The highest BCUT2D eigenvalue weighted by atomic mass is 32.2. The lowest BCUT2D eigenvalue weighted by Crippen LogP contribution is -2.08. The van der Waals surface area contributed by atoms with Gasteiger partial charge in [0.15, 0.2) is 5.78 Å². The van der Waals surface area contributed by atoms with Gasteiger partial charge in [0.2, 0.25) is 0 Å². The van der Waals surface area contributed by atoms with Crippen LogP contribution in [0, 0.1) is 5.92 Å². The zero-order chi connectivity index (χ0) is 11.8. The van der Waals surface area contributed by atoms with Gasteiger partial charge in [0.25, 0.3) is 0 Å². The van der Waals surface area contributed by atoms with Gasteiger partial charge < -0.3 is 0 Å². The van der Waals surface area contributed by atoms with Crippen LogP contribution in [0.2, 0.25) is 0 Å². The summed E-state index contributed by atoms with van der Waals surface area (Å²) < 4.78 is 0. The molecule has 0 aliphatic carbocycles. The van der Waals surface area contributed by atoms with Crippen LogP contribution in [0.15, 0.2) is 29.2 Å². The van der Waals surface area contributed by atoms with Crippen LogP contribution in [0.25, 0.3) is 0 Å². The normalized spacial score (nSPS) is 9.47. The van der Waals surface area contributed by atoms with Crippen LogP contribution >= 0.6 is 11.8 Å². The molecule has 0 unspecified atom stereocenters. The van der Waals surface area contributed by atoms with Crippen molar-refractivity contribution in [3.8, 4) is 0 Å². The number of benzene rings is 1. The highest BCUT2D eigenvalue weighted by Crippen LogP contribution is 2.22. The quantitative estimate of drug-likeness (QED) is 0.563. The molecule has 0 fully saturated rings. The number of thioether (sulfide) groups is 1. The minimum Gasteiger partial charge on any atom is -0.294 e. The van der Waals surface area contributed by atoms with Crippen molar-refractivity contribution >= 4 is 17.5 Å². The van der Waals surface area contributed by atoms with Gasteiger partial charge in [0.05, 0.1) is 0 Å². The Labute approximate surface area is 97.3 Å². The Bertz CT molecular complexity index is 305. The third-order valence-electron chi connectivity index (χ3n) is 1.90. The van der Waals surface area contributed by atoms with Crippen molar-refractivity contribution < 1.29 is 4.79 Å². The summed E-state index contributed by atoms with van der Waals surface area (Å²) in [5, 5.41) is 0. The Morgan fingerprint density at radius 1 is 1.20 bits per heavy atom. The van der Waals surface area contributed by atoms with Crippen molar-refractivity contribution in [2.75, 3.05) is 6.26 Å². The molecule has 0 radical (unpaired) electrons. The van der Waals surface area contributed by atoms with E-state index in [1.807, 2.05) is 58.2 Å². The average molecular weight is 224 g/mol. The molecule has 0 spiro atoms. The fourth-order valence-corrected chi connectivity index (χ4v) is 1.76. The van der Waals surface area contributed by atoms with Crippen LogP contribution < -0.4 is 0 Å². The molecule has 0 heterocycles. The third kappa shape index (κ3) is 4.08. The van der Waals surface area contributed by atoms with Crippen molar-refractivity contribution in [1.29, 1.82) is 0 Å². The molecular formula is C13H20OS. The Morgan fingerprint density at radius 2 is 1.73 bits per heavy atom. The largest absolute Gasteiger partial charge is 0.294 e. The molecule has 1 aromatic carbocycles. The summed E-state index contributed by atoms with van der Waals surface area (Å²) in [4.78, 5) is 12.8. The zero-order valence-electron chi connectivity index (χ0n) is 10.2. The predicted molar refractivity (Wildman–Crippen MR) is 68.7 cm³/mol. The number of hydrogen-bond acceptors (Lipinski definition) is 2. The van der Waals surface area contributed by atoms with Gasteiger partial charge in [-0.05, 0) is 12.3 Å². The number of hydrogen-bond donors (Lipinski definition) is 0. The van der Waals surface area contributed by atoms with Gasteiger partial charge in [0.1, 0.15) is 0 Å². The van der Waals surface area contributed by atoms with Crippen molar-refractivity contribution in [3.63, 3.8) is 0 Å². The molecule has 0 aliphatic heterocycles. The van der Waals surface area contributed by atoms with Gasteiger partial charge >= 0.3 is 0 Å². The highest BCUT2D eigenvalue weighted by Gasteiger charge is 2.13. The Hall–Kier alpha value is -0.760. The molecule has 0 amide bonds. The maximum atomic E-state index is 11.7. The zero-order valence-corrected chi connectivity index (χ0v) is 11.0. The average Bonchev–Trinajstić information content (AvgIpc) is 2.30. The molecule has 1 aromatic rings. The van der Waals surface area contributed by atoms with Gasteiger partial charge in [-0.15, -0.1) is 11.8 Å². The lowest BCUT2D eigenvalue weighted by atomic mass is 10.0. The molecule has 15 heavy (non-hydrogen) atoms.